The van der Waals surface area contributed by atoms with E-state index in [1.54, 1.807) is 10.4 Å². The molecule has 0 N–H and O–H groups in total. The third-order valence-electron chi connectivity index (χ3n) is 3.24. The highest BCUT2D eigenvalue weighted by Gasteiger charge is 2.30. The van der Waals surface area contributed by atoms with E-state index in [2.05, 4.69) is 27.8 Å². The van der Waals surface area contributed by atoms with Crippen LogP contribution in [0.2, 0.25) is 0 Å². The molecule has 0 amide bonds. The minimum Gasteiger partial charge on any atom is -0.301 e. The predicted molar refractivity (Wildman–Crippen MR) is 77.6 cm³/mol. The highest BCUT2D eigenvalue weighted by molar-refractivity contribution is 9.11. The SMILES string of the molecule is CCN1CCN(S(=O)(=O)c2cc(Br)sc2C)CC1. The smallest absolute Gasteiger partial charge is 0.244 e. The number of sulfonamides is 1. The van der Waals surface area contributed by atoms with Gasteiger partial charge in [0, 0.05) is 31.1 Å². The largest absolute Gasteiger partial charge is 0.301 e. The first-order valence-electron chi connectivity index (χ1n) is 5.93. The number of halogens is 1. The van der Waals surface area contributed by atoms with E-state index in [4.69, 9.17) is 0 Å². The van der Waals surface area contributed by atoms with Crippen LogP contribution in [0.3, 0.4) is 0 Å². The summed E-state index contributed by atoms with van der Waals surface area (Å²) in [5, 5.41) is 0. The van der Waals surface area contributed by atoms with E-state index in [9.17, 15) is 8.42 Å². The van der Waals surface area contributed by atoms with E-state index in [-0.39, 0.29) is 0 Å². The van der Waals surface area contributed by atoms with Crippen LogP contribution in [0.4, 0.5) is 0 Å². The molecule has 0 atom stereocenters. The first-order valence-corrected chi connectivity index (χ1v) is 8.98. The Morgan fingerprint density at radius 3 is 2.39 bits per heavy atom. The molecular formula is C11H17BrN2O2S2. The number of hydrogen-bond donors (Lipinski definition) is 0. The van der Waals surface area contributed by atoms with Crippen molar-refractivity contribution in [1.29, 1.82) is 0 Å². The molecule has 0 spiro atoms. The van der Waals surface area contributed by atoms with Crippen LogP contribution in [0.1, 0.15) is 11.8 Å². The summed E-state index contributed by atoms with van der Waals surface area (Å²) in [7, 11) is -3.32. The summed E-state index contributed by atoms with van der Waals surface area (Å²) in [6, 6.07) is 1.71. The zero-order chi connectivity index (χ0) is 13.3. The Balaban J connectivity index is 2.20. The average molecular weight is 353 g/mol. The van der Waals surface area contributed by atoms with Crippen LogP contribution in [-0.4, -0.2) is 50.3 Å². The lowest BCUT2D eigenvalue weighted by Crippen LogP contribution is -2.48. The molecule has 0 aliphatic carbocycles. The molecule has 1 aliphatic heterocycles. The highest BCUT2D eigenvalue weighted by atomic mass is 79.9. The van der Waals surface area contributed by atoms with E-state index in [0.717, 1.165) is 28.3 Å². The monoisotopic (exact) mass is 352 g/mol. The van der Waals surface area contributed by atoms with Crippen LogP contribution in [0.25, 0.3) is 0 Å². The molecule has 2 rings (SSSR count). The van der Waals surface area contributed by atoms with Gasteiger partial charge in [-0.25, -0.2) is 8.42 Å². The molecule has 1 fully saturated rings. The average Bonchev–Trinajstić information content (AvgIpc) is 2.69. The van der Waals surface area contributed by atoms with Crippen molar-refractivity contribution in [2.75, 3.05) is 32.7 Å². The van der Waals surface area contributed by atoms with Crippen molar-refractivity contribution in [3.05, 3.63) is 14.7 Å². The van der Waals surface area contributed by atoms with Gasteiger partial charge in [-0.3, -0.25) is 0 Å². The number of aryl methyl sites for hydroxylation is 1. The van der Waals surface area contributed by atoms with Crippen LogP contribution < -0.4 is 0 Å². The van der Waals surface area contributed by atoms with Gasteiger partial charge in [0.15, 0.2) is 0 Å². The van der Waals surface area contributed by atoms with Crippen molar-refractivity contribution in [1.82, 2.24) is 9.21 Å². The summed E-state index contributed by atoms with van der Waals surface area (Å²) in [6.45, 7) is 7.75. The van der Waals surface area contributed by atoms with Crippen molar-refractivity contribution < 1.29 is 8.42 Å². The van der Waals surface area contributed by atoms with Gasteiger partial charge >= 0.3 is 0 Å². The van der Waals surface area contributed by atoms with Crippen LogP contribution in [0.5, 0.6) is 0 Å². The summed E-state index contributed by atoms with van der Waals surface area (Å²) >= 11 is 4.81. The molecule has 0 saturated carbocycles. The second-order valence-electron chi connectivity index (χ2n) is 4.31. The molecule has 0 bridgehead atoms. The van der Waals surface area contributed by atoms with Crippen LogP contribution in [-0.2, 0) is 10.0 Å². The number of hydrogen-bond acceptors (Lipinski definition) is 4. The van der Waals surface area contributed by atoms with Gasteiger partial charge in [0.1, 0.15) is 0 Å². The first-order chi connectivity index (χ1) is 8.45. The normalized spacial score (nSPS) is 19.3. The zero-order valence-electron chi connectivity index (χ0n) is 10.5. The molecule has 0 unspecified atom stereocenters. The van der Waals surface area contributed by atoms with Crippen molar-refractivity contribution >= 4 is 37.3 Å². The standard InChI is InChI=1S/C11H17BrN2O2S2/c1-3-13-4-6-14(7-5-13)18(15,16)10-8-11(12)17-9(10)2/h8H,3-7H2,1-2H3. The van der Waals surface area contributed by atoms with Crippen molar-refractivity contribution in [3.8, 4) is 0 Å². The maximum Gasteiger partial charge on any atom is 0.244 e. The number of nitrogens with zero attached hydrogens (tertiary/aromatic N) is 2. The fourth-order valence-corrected chi connectivity index (χ4v) is 5.92. The number of rotatable bonds is 3. The summed E-state index contributed by atoms with van der Waals surface area (Å²) in [4.78, 5) is 3.56. The Morgan fingerprint density at radius 2 is 1.94 bits per heavy atom. The zero-order valence-corrected chi connectivity index (χ0v) is 13.7. The van der Waals surface area contributed by atoms with Gasteiger partial charge in [-0.05, 0) is 35.5 Å². The lowest BCUT2D eigenvalue weighted by Gasteiger charge is -2.33. The Hall–Kier alpha value is 0.0500. The number of thiophene rings is 1. The summed E-state index contributed by atoms with van der Waals surface area (Å²) in [6.07, 6.45) is 0. The summed E-state index contributed by atoms with van der Waals surface area (Å²) in [5.41, 5.74) is 0. The number of piperazine rings is 1. The third-order valence-corrected chi connectivity index (χ3v) is 6.95. The molecule has 1 aliphatic rings. The lowest BCUT2D eigenvalue weighted by atomic mass is 10.4. The van der Waals surface area contributed by atoms with Gasteiger partial charge in [-0.15, -0.1) is 11.3 Å². The minimum absolute atomic E-state index is 0.448. The number of likely N-dealkylation sites (N-methyl/N-ethyl adjacent to an activating group) is 1. The summed E-state index contributed by atoms with van der Waals surface area (Å²) < 4.78 is 27.5. The molecule has 0 radical (unpaired) electrons. The molecule has 18 heavy (non-hydrogen) atoms. The first kappa shape index (κ1) is 14.5. The van der Waals surface area contributed by atoms with Crippen LogP contribution in [0.15, 0.2) is 14.7 Å². The fourth-order valence-electron chi connectivity index (χ4n) is 2.11. The second kappa shape index (κ2) is 5.58. The molecule has 102 valence electrons. The van der Waals surface area contributed by atoms with Gasteiger partial charge in [0.25, 0.3) is 0 Å². The molecule has 2 heterocycles. The van der Waals surface area contributed by atoms with E-state index < -0.39 is 10.0 Å². The Morgan fingerprint density at radius 1 is 1.33 bits per heavy atom. The minimum atomic E-state index is -3.32. The van der Waals surface area contributed by atoms with Gasteiger partial charge < -0.3 is 4.90 Å². The van der Waals surface area contributed by atoms with E-state index in [1.165, 1.54) is 11.3 Å². The van der Waals surface area contributed by atoms with Gasteiger partial charge in [-0.2, -0.15) is 4.31 Å². The van der Waals surface area contributed by atoms with Crippen molar-refractivity contribution in [3.63, 3.8) is 0 Å². The van der Waals surface area contributed by atoms with E-state index in [0.29, 0.717) is 18.0 Å². The maximum atomic E-state index is 12.5. The second-order valence-corrected chi connectivity index (χ2v) is 8.85. The molecule has 4 nitrogen and oxygen atoms in total. The Labute approximate surface area is 121 Å². The third kappa shape index (κ3) is 2.80. The molecule has 0 aromatic carbocycles. The van der Waals surface area contributed by atoms with Crippen LogP contribution in [0, 0.1) is 6.92 Å². The Bertz CT molecular complexity index is 519. The predicted octanol–water partition coefficient (Wildman–Crippen LogP) is 2.15. The van der Waals surface area contributed by atoms with Crippen LogP contribution >= 0.6 is 27.3 Å². The molecule has 7 heteroatoms. The van der Waals surface area contributed by atoms with Gasteiger partial charge in [0.2, 0.25) is 10.0 Å². The Kier molecular flexibility index (Phi) is 4.48. The van der Waals surface area contributed by atoms with Gasteiger partial charge in [0.05, 0.1) is 8.68 Å². The highest BCUT2D eigenvalue weighted by Crippen LogP contribution is 2.31. The maximum absolute atomic E-state index is 12.5. The lowest BCUT2D eigenvalue weighted by molar-refractivity contribution is 0.196. The molecular weight excluding hydrogens is 336 g/mol. The van der Waals surface area contributed by atoms with Crippen molar-refractivity contribution in [2.24, 2.45) is 0 Å². The molecule has 1 saturated heterocycles. The fraction of sp³-hybridized carbons (Fsp3) is 0.636. The quantitative estimate of drug-likeness (QED) is 0.836. The van der Waals surface area contributed by atoms with Gasteiger partial charge in [-0.1, -0.05) is 6.92 Å². The molecule has 1 aromatic heterocycles. The molecule has 1 aromatic rings. The summed E-state index contributed by atoms with van der Waals surface area (Å²) in [5.74, 6) is 0. The topological polar surface area (TPSA) is 40.6 Å². The van der Waals surface area contributed by atoms with E-state index in [1.807, 2.05) is 6.92 Å². The van der Waals surface area contributed by atoms with Crippen molar-refractivity contribution in [2.45, 2.75) is 18.7 Å². The van der Waals surface area contributed by atoms with E-state index >= 15 is 0 Å².